The van der Waals surface area contributed by atoms with Gasteiger partial charge in [0.1, 0.15) is 11.6 Å². The number of aromatic nitrogens is 1. The lowest BCUT2D eigenvalue weighted by molar-refractivity contribution is -0.136. The van der Waals surface area contributed by atoms with E-state index in [1.807, 2.05) is 0 Å². The summed E-state index contributed by atoms with van der Waals surface area (Å²) in [6.45, 7) is 0.234. The van der Waals surface area contributed by atoms with Crippen molar-refractivity contribution in [1.82, 2.24) is 15.2 Å². The van der Waals surface area contributed by atoms with E-state index in [0.717, 1.165) is 24.2 Å². The van der Waals surface area contributed by atoms with Crippen LogP contribution in [0.1, 0.15) is 87.6 Å². The number of benzene rings is 1. The van der Waals surface area contributed by atoms with E-state index in [1.165, 1.54) is 30.6 Å². The van der Waals surface area contributed by atoms with Gasteiger partial charge in [-0.15, -0.1) is 11.3 Å². The lowest BCUT2D eigenvalue weighted by Crippen LogP contribution is -2.54. The third-order valence-electron chi connectivity index (χ3n) is 8.95. The van der Waals surface area contributed by atoms with Crippen molar-refractivity contribution in [3.8, 4) is 0 Å². The van der Waals surface area contributed by atoms with E-state index >= 15 is 0 Å². The number of rotatable bonds is 6. The number of piperidine rings is 1. The number of carbonyl (C=O) groups is 5. The lowest BCUT2D eigenvalue weighted by Gasteiger charge is -2.55. The lowest BCUT2D eigenvalue weighted by atomic mass is 9.54. The van der Waals surface area contributed by atoms with Gasteiger partial charge in [-0.25, -0.2) is 9.78 Å². The van der Waals surface area contributed by atoms with Gasteiger partial charge in [0.05, 0.1) is 23.4 Å². The molecule has 2 aliphatic heterocycles. The number of fused-ring (bicyclic) bond motifs is 1. The molecule has 4 bridgehead atoms. The summed E-state index contributed by atoms with van der Waals surface area (Å²) in [4.78, 5) is 68.7. The van der Waals surface area contributed by atoms with Crippen LogP contribution in [-0.2, 0) is 20.9 Å². The van der Waals surface area contributed by atoms with Crippen LogP contribution in [0.3, 0.4) is 0 Å². The van der Waals surface area contributed by atoms with Crippen LogP contribution in [0.2, 0.25) is 0 Å². The molecule has 5 fully saturated rings. The maximum absolute atomic E-state index is 13.3. The third-order valence-corrected chi connectivity index (χ3v) is 9.82. The Balaban J connectivity index is 1.03. The predicted octanol–water partition coefficient (Wildman–Crippen LogP) is 3.28. The zero-order chi connectivity index (χ0) is 26.9. The molecule has 0 spiro atoms. The molecular formula is C28H28N4O6S. The first kappa shape index (κ1) is 24.4. The first-order valence-electron chi connectivity index (χ1n) is 13.5. The number of nitrogens with one attached hydrogen (secondary N) is 2. The van der Waals surface area contributed by atoms with E-state index in [2.05, 4.69) is 15.6 Å². The average Bonchev–Trinajstić information content (AvgIpc) is 3.45. The molecule has 1 saturated heterocycles. The minimum atomic E-state index is -1.02. The van der Waals surface area contributed by atoms with Crippen molar-refractivity contribution >= 4 is 46.6 Å². The Bertz CT molecular complexity index is 1400. The molecule has 4 amide bonds. The Morgan fingerprint density at radius 1 is 1.08 bits per heavy atom. The maximum Gasteiger partial charge on any atom is 0.367 e. The van der Waals surface area contributed by atoms with E-state index in [4.69, 9.17) is 4.74 Å². The molecule has 1 aromatic carbocycles. The molecule has 1 aromatic heterocycles. The van der Waals surface area contributed by atoms with Gasteiger partial charge in [0, 0.05) is 17.5 Å². The van der Waals surface area contributed by atoms with Crippen LogP contribution < -0.4 is 10.6 Å². The molecular weight excluding hydrogens is 520 g/mol. The standard InChI is InChI=1S/C28H28N4O6S/c33-21-5-4-20(23(34)31-21)32-25(35)18-2-1-3-19(22(18)26(32)36)29-12-17-13-39-24(30-17)27(37)38-28-9-14-6-15(10-28)8-16(7-14)11-28/h1-3,13-16,20,29H,4-12H2,(H,31,33,34). The number of esters is 1. The number of hydrogen-bond acceptors (Lipinski definition) is 9. The molecule has 3 heterocycles. The molecule has 39 heavy (non-hydrogen) atoms. The molecule has 8 rings (SSSR count). The summed E-state index contributed by atoms with van der Waals surface area (Å²) in [7, 11) is 0. The van der Waals surface area contributed by atoms with Crippen LogP contribution in [-0.4, -0.2) is 51.1 Å². The maximum atomic E-state index is 13.3. The summed E-state index contributed by atoms with van der Waals surface area (Å²) in [5.74, 6) is -0.545. The van der Waals surface area contributed by atoms with Gasteiger partial charge in [0.2, 0.25) is 16.8 Å². The van der Waals surface area contributed by atoms with Gasteiger partial charge < -0.3 is 10.1 Å². The summed E-state index contributed by atoms with van der Waals surface area (Å²) in [6.07, 6.45) is 6.86. The summed E-state index contributed by atoms with van der Waals surface area (Å²) in [6, 6.07) is 3.87. The normalized spacial score (nSPS) is 30.9. The van der Waals surface area contributed by atoms with Crippen molar-refractivity contribution < 1.29 is 28.7 Å². The molecule has 0 radical (unpaired) electrons. The zero-order valence-electron chi connectivity index (χ0n) is 21.2. The quantitative estimate of drug-likeness (QED) is 0.415. The second-order valence-electron chi connectivity index (χ2n) is 11.7. The highest BCUT2D eigenvalue weighted by atomic mass is 32.1. The Morgan fingerprint density at radius 3 is 2.49 bits per heavy atom. The fraction of sp³-hybridized carbons (Fsp3) is 0.500. The van der Waals surface area contributed by atoms with Crippen LogP contribution in [0.4, 0.5) is 5.69 Å². The van der Waals surface area contributed by atoms with Crippen molar-refractivity contribution in [3.63, 3.8) is 0 Å². The number of amides is 4. The van der Waals surface area contributed by atoms with Crippen molar-refractivity contribution in [2.45, 2.75) is 69.6 Å². The first-order valence-corrected chi connectivity index (χ1v) is 14.4. The second kappa shape index (κ2) is 8.97. The Labute approximate surface area is 228 Å². The number of nitrogens with zero attached hydrogens (tertiary/aromatic N) is 2. The minimum absolute atomic E-state index is 0.0619. The van der Waals surface area contributed by atoms with Crippen LogP contribution in [0.25, 0.3) is 0 Å². The van der Waals surface area contributed by atoms with E-state index in [-0.39, 0.29) is 42.1 Å². The van der Waals surface area contributed by atoms with E-state index in [9.17, 15) is 24.0 Å². The Hall–Kier alpha value is -3.60. The van der Waals surface area contributed by atoms with E-state index in [1.54, 1.807) is 23.6 Å². The van der Waals surface area contributed by atoms with Crippen molar-refractivity contribution in [2.75, 3.05) is 5.32 Å². The monoisotopic (exact) mass is 548 g/mol. The molecule has 1 unspecified atom stereocenters. The SMILES string of the molecule is O=C1CCC(N2C(=O)c3cccc(NCc4csc(C(=O)OC56CC7CC(CC(C7)C5)C6)n4)c3C2=O)C(=O)N1. The smallest absolute Gasteiger partial charge is 0.367 e. The summed E-state index contributed by atoms with van der Waals surface area (Å²) in [5.41, 5.74) is 1.11. The highest BCUT2D eigenvalue weighted by Crippen LogP contribution is 2.57. The van der Waals surface area contributed by atoms with Crippen LogP contribution >= 0.6 is 11.3 Å². The summed E-state index contributed by atoms with van der Waals surface area (Å²) in [5, 5.41) is 7.48. The highest BCUT2D eigenvalue weighted by Gasteiger charge is 2.53. The van der Waals surface area contributed by atoms with Crippen molar-refractivity contribution in [3.05, 3.63) is 45.4 Å². The molecule has 2 aromatic rings. The number of thiazole rings is 1. The summed E-state index contributed by atoms with van der Waals surface area (Å²) < 4.78 is 6.13. The predicted molar refractivity (Wildman–Crippen MR) is 139 cm³/mol. The number of carbonyl (C=O) groups excluding carboxylic acids is 5. The number of imide groups is 2. The van der Waals surface area contributed by atoms with Gasteiger partial charge in [0.15, 0.2) is 0 Å². The van der Waals surface area contributed by atoms with Crippen LogP contribution in [0.15, 0.2) is 23.6 Å². The molecule has 4 aliphatic carbocycles. The van der Waals surface area contributed by atoms with E-state index in [0.29, 0.717) is 34.1 Å². The minimum Gasteiger partial charge on any atom is -0.454 e. The molecule has 202 valence electrons. The average molecular weight is 549 g/mol. The van der Waals surface area contributed by atoms with E-state index < -0.39 is 29.7 Å². The molecule has 6 aliphatic rings. The van der Waals surface area contributed by atoms with Gasteiger partial charge in [0.25, 0.3) is 11.8 Å². The Kier molecular flexibility index (Phi) is 5.62. The molecule has 2 N–H and O–H groups in total. The fourth-order valence-corrected chi connectivity index (χ4v) is 8.42. The fourth-order valence-electron chi connectivity index (χ4n) is 7.73. The van der Waals surface area contributed by atoms with Crippen LogP contribution in [0.5, 0.6) is 0 Å². The zero-order valence-corrected chi connectivity index (χ0v) is 22.1. The molecule has 11 heteroatoms. The number of hydrogen-bond donors (Lipinski definition) is 2. The van der Waals surface area contributed by atoms with Gasteiger partial charge in [-0.2, -0.15) is 0 Å². The molecule has 4 saturated carbocycles. The Morgan fingerprint density at radius 2 is 1.79 bits per heavy atom. The second-order valence-corrected chi connectivity index (χ2v) is 12.5. The highest BCUT2D eigenvalue weighted by molar-refractivity contribution is 7.11. The third kappa shape index (κ3) is 4.14. The van der Waals surface area contributed by atoms with Crippen LogP contribution in [0, 0.1) is 17.8 Å². The van der Waals surface area contributed by atoms with Gasteiger partial charge >= 0.3 is 5.97 Å². The van der Waals surface area contributed by atoms with Crippen molar-refractivity contribution in [1.29, 1.82) is 0 Å². The topological polar surface area (TPSA) is 135 Å². The molecule has 10 nitrogen and oxygen atoms in total. The summed E-state index contributed by atoms with van der Waals surface area (Å²) >= 11 is 1.24. The largest absolute Gasteiger partial charge is 0.454 e. The van der Waals surface area contributed by atoms with Gasteiger partial charge in [-0.1, -0.05) is 6.07 Å². The number of ether oxygens (including phenoxy) is 1. The van der Waals surface area contributed by atoms with Crippen molar-refractivity contribution in [2.24, 2.45) is 17.8 Å². The molecule has 1 atom stereocenters. The van der Waals surface area contributed by atoms with Gasteiger partial charge in [-0.05, 0) is 74.8 Å². The number of anilines is 1. The van der Waals surface area contributed by atoms with Gasteiger partial charge in [-0.3, -0.25) is 29.4 Å². The first-order chi connectivity index (χ1) is 18.8.